The van der Waals surface area contributed by atoms with Crippen molar-refractivity contribution in [3.05, 3.63) is 15.9 Å². The van der Waals surface area contributed by atoms with Crippen molar-refractivity contribution in [1.29, 1.82) is 0 Å². The third-order valence-corrected chi connectivity index (χ3v) is 4.72. The van der Waals surface area contributed by atoms with Crippen molar-refractivity contribution in [2.24, 2.45) is 0 Å². The van der Waals surface area contributed by atoms with Gasteiger partial charge in [0.2, 0.25) is 0 Å². The van der Waals surface area contributed by atoms with Crippen LogP contribution in [0.3, 0.4) is 0 Å². The maximum atomic E-state index is 5.72. The molecule has 0 saturated carbocycles. The minimum Gasteiger partial charge on any atom is -0.377 e. The molecule has 0 radical (unpaired) electrons. The molecule has 2 heterocycles. The quantitative estimate of drug-likeness (QED) is 0.872. The molecule has 5 heteroatoms. The molecule has 4 nitrogen and oxygen atoms in total. The molecule has 1 aromatic rings. The number of hydrogen-bond acceptors (Lipinski definition) is 3. The van der Waals surface area contributed by atoms with E-state index in [1.807, 2.05) is 0 Å². The Hall–Kier alpha value is -0.390. The molecule has 2 atom stereocenters. The van der Waals surface area contributed by atoms with Gasteiger partial charge in [-0.1, -0.05) is 6.92 Å². The van der Waals surface area contributed by atoms with Crippen LogP contribution in [0.1, 0.15) is 45.0 Å². The fourth-order valence-electron chi connectivity index (χ4n) is 2.57. The van der Waals surface area contributed by atoms with Gasteiger partial charge in [0.1, 0.15) is 0 Å². The van der Waals surface area contributed by atoms with Crippen LogP contribution in [-0.4, -0.2) is 28.5 Å². The number of rotatable bonds is 6. The minimum atomic E-state index is 0.363. The van der Waals surface area contributed by atoms with Gasteiger partial charge in [0, 0.05) is 25.7 Å². The average Bonchev–Trinajstić information content (AvgIpc) is 3.04. The molecule has 1 saturated heterocycles. The van der Waals surface area contributed by atoms with E-state index in [9.17, 15) is 0 Å². The molecule has 0 amide bonds. The second-order valence-corrected chi connectivity index (χ2v) is 5.89. The van der Waals surface area contributed by atoms with E-state index in [4.69, 9.17) is 4.74 Å². The van der Waals surface area contributed by atoms with E-state index in [1.54, 1.807) is 0 Å². The summed E-state index contributed by atoms with van der Waals surface area (Å²) in [5, 5.41) is 8.20. The second-order valence-electron chi connectivity index (χ2n) is 5.10. The molecule has 1 aliphatic rings. The standard InChI is InChI=1S/C14H24BrN3O/c1-4-11-14(15)12(18(5-2)17-11)9-16-10(3)13-7-6-8-19-13/h10,13,16H,4-9H2,1-3H3. The second kappa shape index (κ2) is 6.86. The minimum absolute atomic E-state index is 0.363. The van der Waals surface area contributed by atoms with Crippen molar-refractivity contribution >= 4 is 15.9 Å². The highest BCUT2D eigenvalue weighted by atomic mass is 79.9. The Balaban J connectivity index is 1.99. The number of aromatic nitrogens is 2. The van der Waals surface area contributed by atoms with Crippen molar-refractivity contribution in [1.82, 2.24) is 15.1 Å². The number of nitrogens with zero attached hydrogens (tertiary/aromatic N) is 2. The molecule has 0 bridgehead atoms. The maximum absolute atomic E-state index is 5.72. The Labute approximate surface area is 124 Å². The number of ether oxygens (including phenoxy) is 1. The average molecular weight is 330 g/mol. The van der Waals surface area contributed by atoms with Crippen molar-refractivity contribution in [3.8, 4) is 0 Å². The first-order valence-electron chi connectivity index (χ1n) is 7.26. The normalized spacial score (nSPS) is 20.9. The van der Waals surface area contributed by atoms with Gasteiger partial charge in [-0.15, -0.1) is 0 Å². The summed E-state index contributed by atoms with van der Waals surface area (Å²) in [6, 6.07) is 0.389. The third-order valence-electron chi connectivity index (χ3n) is 3.81. The first-order chi connectivity index (χ1) is 9.17. The monoisotopic (exact) mass is 329 g/mol. The van der Waals surface area contributed by atoms with Crippen LogP contribution in [0.15, 0.2) is 4.47 Å². The molecule has 0 aliphatic carbocycles. The Morgan fingerprint density at radius 3 is 2.89 bits per heavy atom. The summed E-state index contributed by atoms with van der Waals surface area (Å²) in [7, 11) is 0. The molecule has 1 fully saturated rings. The van der Waals surface area contributed by atoms with Crippen LogP contribution in [0.4, 0.5) is 0 Å². The smallest absolute Gasteiger partial charge is 0.0767 e. The van der Waals surface area contributed by atoms with Gasteiger partial charge in [-0.25, -0.2) is 0 Å². The highest BCUT2D eigenvalue weighted by Crippen LogP contribution is 2.23. The van der Waals surface area contributed by atoms with Gasteiger partial charge in [0.25, 0.3) is 0 Å². The number of halogens is 1. The summed E-state index contributed by atoms with van der Waals surface area (Å²) >= 11 is 3.68. The van der Waals surface area contributed by atoms with Crippen LogP contribution in [0.5, 0.6) is 0 Å². The summed E-state index contributed by atoms with van der Waals surface area (Å²) in [5.41, 5.74) is 2.38. The van der Waals surface area contributed by atoms with Gasteiger partial charge < -0.3 is 10.1 Å². The molecule has 19 heavy (non-hydrogen) atoms. The topological polar surface area (TPSA) is 39.1 Å². The molecule has 108 valence electrons. The first kappa shape index (κ1) is 15.0. The maximum Gasteiger partial charge on any atom is 0.0767 e. The highest BCUT2D eigenvalue weighted by molar-refractivity contribution is 9.10. The fraction of sp³-hybridized carbons (Fsp3) is 0.786. The van der Waals surface area contributed by atoms with E-state index in [0.717, 1.165) is 36.3 Å². The Bertz CT molecular complexity index is 413. The molecule has 1 N–H and O–H groups in total. The van der Waals surface area contributed by atoms with E-state index in [0.29, 0.717) is 12.1 Å². The lowest BCUT2D eigenvalue weighted by molar-refractivity contribution is 0.0829. The van der Waals surface area contributed by atoms with E-state index < -0.39 is 0 Å². The van der Waals surface area contributed by atoms with Crippen molar-refractivity contribution in [2.45, 2.75) is 65.3 Å². The van der Waals surface area contributed by atoms with Crippen LogP contribution in [-0.2, 0) is 24.2 Å². The number of nitrogens with one attached hydrogen (secondary N) is 1. The lowest BCUT2D eigenvalue weighted by Crippen LogP contribution is -2.37. The van der Waals surface area contributed by atoms with E-state index >= 15 is 0 Å². The predicted molar refractivity (Wildman–Crippen MR) is 80.3 cm³/mol. The largest absolute Gasteiger partial charge is 0.377 e. The van der Waals surface area contributed by atoms with Gasteiger partial charge in [-0.05, 0) is 49.0 Å². The summed E-state index contributed by atoms with van der Waals surface area (Å²) in [5.74, 6) is 0. The number of aryl methyl sites for hydroxylation is 2. The zero-order valence-corrected chi connectivity index (χ0v) is 13.7. The third kappa shape index (κ3) is 3.38. The molecule has 0 aromatic carbocycles. The van der Waals surface area contributed by atoms with Crippen LogP contribution >= 0.6 is 15.9 Å². The molecule has 2 unspecified atom stereocenters. The summed E-state index contributed by atoms with van der Waals surface area (Å²) < 4.78 is 8.96. The van der Waals surface area contributed by atoms with E-state index in [1.165, 1.54) is 18.5 Å². The van der Waals surface area contributed by atoms with E-state index in [-0.39, 0.29) is 0 Å². The van der Waals surface area contributed by atoms with Gasteiger partial charge in [-0.3, -0.25) is 4.68 Å². The molecular formula is C14H24BrN3O. The SMILES string of the molecule is CCc1nn(CC)c(CNC(C)C2CCCO2)c1Br. The van der Waals surface area contributed by atoms with Crippen LogP contribution in [0, 0.1) is 0 Å². The Kier molecular flexibility index (Phi) is 5.42. The van der Waals surface area contributed by atoms with Crippen LogP contribution < -0.4 is 5.32 Å². The summed E-state index contributed by atoms with van der Waals surface area (Å²) in [6.45, 7) is 9.13. The highest BCUT2D eigenvalue weighted by Gasteiger charge is 2.23. The van der Waals surface area contributed by atoms with Crippen molar-refractivity contribution in [2.75, 3.05) is 6.61 Å². The van der Waals surface area contributed by atoms with Gasteiger partial charge in [0.05, 0.1) is 22.0 Å². The molecular weight excluding hydrogens is 306 g/mol. The van der Waals surface area contributed by atoms with E-state index in [2.05, 4.69) is 51.8 Å². The van der Waals surface area contributed by atoms with Crippen LogP contribution in [0.25, 0.3) is 0 Å². The summed E-state index contributed by atoms with van der Waals surface area (Å²) in [6.07, 6.45) is 3.68. The Morgan fingerprint density at radius 2 is 2.32 bits per heavy atom. The van der Waals surface area contributed by atoms with Crippen molar-refractivity contribution in [3.63, 3.8) is 0 Å². The zero-order chi connectivity index (χ0) is 13.8. The summed E-state index contributed by atoms with van der Waals surface area (Å²) in [4.78, 5) is 0. The fourth-order valence-corrected chi connectivity index (χ4v) is 3.28. The van der Waals surface area contributed by atoms with Crippen LogP contribution in [0.2, 0.25) is 0 Å². The molecule has 2 rings (SSSR count). The first-order valence-corrected chi connectivity index (χ1v) is 8.05. The van der Waals surface area contributed by atoms with Gasteiger partial charge in [0.15, 0.2) is 0 Å². The van der Waals surface area contributed by atoms with Crippen molar-refractivity contribution < 1.29 is 4.74 Å². The van der Waals surface area contributed by atoms with Gasteiger partial charge in [-0.2, -0.15) is 5.10 Å². The Morgan fingerprint density at radius 1 is 1.53 bits per heavy atom. The molecule has 0 spiro atoms. The lowest BCUT2D eigenvalue weighted by atomic mass is 10.1. The molecule has 1 aliphatic heterocycles. The number of hydrogen-bond donors (Lipinski definition) is 1. The zero-order valence-electron chi connectivity index (χ0n) is 12.1. The molecule has 1 aromatic heterocycles. The van der Waals surface area contributed by atoms with Gasteiger partial charge >= 0.3 is 0 Å². The lowest BCUT2D eigenvalue weighted by Gasteiger charge is -2.20. The predicted octanol–water partition coefficient (Wildman–Crippen LogP) is 2.89.